The Morgan fingerprint density at radius 1 is 1.15 bits per heavy atom. The standard InChI is InChI=1S/C20H21N3O3/c1-5-6-13-11-14(7-10-18(13)26-4)19(24)21-15-8-9-16-17(12-15)23(3)20(25)22(16)2/h5,7-12H,1,6H2,2-4H3,(H,21,24). The van der Waals surface area contributed by atoms with E-state index in [1.54, 1.807) is 66.7 Å². The lowest BCUT2D eigenvalue weighted by Gasteiger charge is -2.10. The molecule has 3 rings (SSSR count). The van der Waals surface area contributed by atoms with E-state index in [9.17, 15) is 9.59 Å². The summed E-state index contributed by atoms with van der Waals surface area (Å²) in [4.78, 5) is 24.6. The molecule has 6 nitrogen and oxygen atoms in total. The van der Waals surface area contributed by atoms with Crippen LogP contribution < -0.4 is 15.7 Å². The van der Waals surface area contributed by atoms with Gasteiger partial charge < -0.3 is 10.1 Å². The topological polar surface area (TPSA) is 65.3 Å². The Labute approximate surface area is 151 Å². The summed E-state index contributed by atoms with van der Waals surface area (Å²) in [5, 5.41) is 2.88. The maximum Gasteiger partial charge on any atom is 0.328 e. The number of fused-ring (bicyclic) bond motifs is 1. The number of carbonyl (C=O) groups is 1. The van der Waals surface area contributed by atoms with Crippen LogP contribution in [0.3, 0.4) is 0 Å². The van der Waals surface area contributed by atoms with Crippen LogP contribution in [-0.4, -0.2) is 22.2 Å². The van der Waals surface area contributed by atoms with E-state index >= 15 is 0 Å². The zero-order valence-electron chi connectivity index (χ0n) is 15.1. The molecule has 1 N–H and O–H groups in total. The molecular weight excluding hydrogens is 330 g/mol. The third-order valence-electron chi connectivity index (χ3n) is 4.44. The molecule has 0 aliphatic carbocycles. The summed E-state index contributed by atoms with van der Waals surface area (Å²) in [6, 6.07) is 10.7. The second kappa shape index (κ2) is 6.92. The first-order valence-corrected chi connectivity index (χ1v) is 8.21. The molecule has 0 aliphatic rings. The molecule has 6 heteroatoms. The average molecular weight is 351 g/mol. The Kier molecular flexibility index (Phi) is 4.67. The minimum absolute atomic E-state index is 0.104. The summed E-state index contributed by atoms with van der Waals surface area (Å²) >= 11 is 0. The second-order valence-corrected chi connectivity index (χ2v) is 6.08. The highest BCUT2D eigenvalue weighted by Gasteiger charge is 2.12. The Morgan fingerprint density at radius 3 is 2.58 bits per heavy atom. The van der Waals surface area contributed by atoms with Crippen LogP contribution >= 0.6 is 0 Å². The van der Waals surface area contributed by atoms with Crippen molar-refractivity contribution in [3.8, 4) is 5.75 Å². The number of nitrogens with one attached hydrogen (secondary N) is 1. The Balaban J connectivity index is 1.91. The van der Waals surface area contributed by atoms with Gasteiger partial charge in [0.15, 0.2) is 0 Å². The molecule has 0 radical (unpaired) electrons. The van der Waals surface area contributed by atoms with Gasteiger partial charge in [-0.2, -0.15) is 0 Å². The van der Waals surface area contributed by atoms with Crippen LogP contribution in [0.15, 0.2) is 53.8 Å². The molecular formula is C20H21N3O3. The van der Waals surface area contributed by atoms with Crippen molar-refractivity contribution in [3.63, 3.8) is 0 Å². The van der Waals surface area contributed by atoms with Crippen molar-refractivity contribution in [1.82, 2.24) is 9.13 Å². The van der Waals surface area contributed by atoms with Crippen molar-refractivity contribution < 1.29 is 9.53 Å². The van der Waals surface area contributed by atoms with Gasteiger partial charge in [-0.25, -0.2) is 4.79 Å². The van der Waals surface area contributed by atoms with Crippen LogP contribution in [0.25, 0.3) is 11.0 Å². The zero-order chi connectivity index (χ0) is 18.8. The van der Waals surface area contributed by atoms with Gasteiger partial charge >= 0.3 is 5.69 Å². The molecule has 0 fully saturated rings. The summed E-state index contributed by atoms with van der Waals surface area (Å²) in [6.45, 7) is 3.73. The number of hydrogen-bond acceptors (Lipinski definition) is 3. The van der Waals surface area contributed by atoms with Gasteiger partial charge in [-0.15, -0.1) is 6.58 Å². The van der Waals surface area contributed by atoms with E-state index in [0.717, 1.165) is 22.3 Å². The highest BCUT2D eigenvalue weighted by Crippen LogP contribution is 2.22. The number of carbonyl (C=O) groups excluding carboxylic acids is 1. The molecule has 0 saturated heterocycles. The average Bonchev–Trinajstić information content (AvgIpc) is 2.86. The molecule has 0 unspecified atom stereocenters. The summed E-state index contributed by atoms with van der Waals surface area (Å²) in [7, 11) is 5.03. The molecule has 0 spiro atoms. The number of rotatable bonds is 5. The van der Waals surface area contributed by atoms with E-state index in [4.69, 9.17) is 4.74 Å². The third-order valence-corrected chi connectivity index (χ3v) is 4.44. The van der Waals surface area contributed by atoms with Crippen molar-refractivity contribution in [2.75, 3.05) is 12.4 Å². The van der Waals surface area contributed by atoms with Crippen LogP contribution in [0.2, 0.25) is 0 Å². The van der Waals surface area contributed by atoms with E-state index < -0.39 is 0 Å². The Bertz CT molecular complexity index is 1060. The summed E-state index contributed by atoms with van der Waals surface area (Å²) in [5.41, 5.74) is 3.53. The van der Waals surface area contributed by atoms with E-state index in [1.165, 1.54) is 0 Å². The van der Waals surface area contributed by atoms with Crippen LogP contribution in [0.5, 0.6) is 5.75 Å². The van der Waals surface area contributed by atoms with Crippen LogP contribution in [0.4, 0.5) is 5.69 Å². The number of anilines is 1. The third kappa shape index (κ3) is 3.01. The van der Waals surface area contributed by atoms with Gasteiger partial charge in [0.1, 0.15) is 5.75 Å². The van der Waals surface area contributed by atoms with Gasteiger partial charge in [0.2, 0.25) is 0 Å². The molecule has 134 valence electrons. The second-order valence-electron chi connectivity index (χ2n) is 6.08. The first-order chi connectivity index (χ1) is 12.5. The highest BCUT2D eigenvalue weighted by molar-refractivity contribution is 6.05. The van der Waals surface area contributed by atoms with Crippen LogP contribution in [0, 0.1) is 0 Å². The van der Waals surface area contributed by atoms with Gasteiger partial charge in [-0.3, -0.25) is 13.9 Å². The van der Waals surface area contributed by atoms with Gasteiger partial charge in [0.05, 0.1) is 18.1 Å². The maximum atomic E-state index is 12.6. The molecule has 0 aliphatic heterocycles. The van der Waals surface area contributed by atoms with E-state index in [-0.39, 0.29) is 11.6 Å². The normalized spacial score (nSPS) is 10.7. The molecule has 1 heterocycles. The van der Waals surface area contributed by atoms with Crippen molar-refractivity contribution in [1.29, 1.82) is 0 Å². The first kappa shape index (κ1) is 17.5. The number of aryl methyl sites for hydroxylation is 2. The molecule has 0 bridgehead atoms. The number of hydrogen-bond donors (Lipinski definition) is 1. The smallest absolute Gasteiger partial charge is 0.328 e. The van der Waals surface area contributed by atoms with Gasteiger partial charge in [0.25, 0.3) is 5.91 Å². The van der Waals surface area contributed by atoms with Gasteiger partial charge in [-0.1, -0.05) is 6.08 Å². The highest BCUT2D eigenvalue weighted by atomic mass is 16.5. The lowest BCUT2D eigenvalue weighted by Crippen LogP contribution is -2.19. The predicted molar refractivity (Wildman–Crippen MR) is 103 cm³/mol. The molecule has 1 aromatic heterocycles. The van der Waals surface area contributed by atoms with Crippen molar-refractivity contribution in [3.05, 3.63) is 70.7 Å². The lowest BCUT2D eigenvalue weighted by atomic mass is 10.1. The molecule has 26 heavy (non-hydrogen) atoms. The van der Waals surface area contributed by atoms with Crippen molar-refractivity contribution >= 4 is 22.6 Å². The number of methoxy groups -OCH3 is 1. The largest absolute Gasteiger partial charge is 0.496 e. The predicted octanol–water partition coefficient (Wildman–Crippen LogP) is 2.87. The lowest BCUT2D eigenvalue weighted by molar-refractivity contribution is 0.102. The van der Waals surface area contributed by atoms with E-state index in [1.807, 2.05) is 6.07 Å². The Morgan fingerprint density at radius 2 is 1.88 bits per heavy atom. The Hall–Kier alpha value is -3.28. The maximum absolute atomic E-state index is 12.6. The number of ether oxygens (including phenoxy) is 1. The summed E-state index contributed by atoms with van der Waals surface area (Å²) in [6.07, 6.45) is 2.38. The fraction of sp³-hybridized carbons (Fsp3) is 0.200. The van der Waals surface area contributed by atoms with Crippen LogP contribution in [0.1, 0.15) is 15.9 Å². The molecule has 2 aromatic carbocycles. The van der Waals surface area contributed by atoms with E-state index in [2.05, 4.69) is 11.9 Å². The van der Waals surface area contributed by atoms with Crippen molar-refractivity contribution in [2.24, 2.45) is 14.1 Å². The summed E-state index contributed by atoms with van der Waals surface area (Å²) < 4.78 is 8.44. The minimum Gasteiger partial charge on any atom is -0.496 e. The SMILES string of the molecule is C=CCc1cc(C(=O)Nc2ccc3c(c2)n(C)c(=O)n3C)ccc1OC. The molecule has 3 aromatic rings. The molecule has 1 amide bonds. The van der Waals surface area contributed by atoms with Crippen molar-refractivity contribution in [2.45, 2.75) is 6.42 Å². The van der Waals surface area contributed by atoms with E-state index in [0.29, 0.717) is 17.7 Å². The first-order valence-electron chi connectivity index (χ1n) is 8.21. The van der Waals surface area contributed by atoms with Gasteiger partial charge in [0, 0.05) is 25.3 Å². The monoisotopic (exact) mass is 351 g/mol. The van der Waals surface area contributed by atoms with Crippen LogP contribution in [-0.2, 0) is 20.5 Å². The fourth-order valence-electron chi connectivity index (χ4n) is 3.02. The molecule has 0 atom stereocenters. The quantitative estimate of drug-likeness (QED) is 0.719. The molecule has 0 saturated carbocycles. The number of benzene rings is 2. The zero-order valence-corrected chi connectivity index (χ0v) is 15.1. The minimum atomic E-state index is -0.224. The number of aromatic nitrogens is 2. The van der Waals surface area contributed by atoms with Gasteiger partial charge in [-0.05, 0) is 48.4 Å². The number of imidazole rings is 1. The number of nitrogens with zero attached hydrogens (tertiary/aromatic N) is 2. The number of allylic oxidation sites excluding steroid dienone is 1. The number of amides is 1. The summed E-state index contributed by atoms with van der Waals surface area (Å²) in [5.74, 6) is 0.500. The fourth-order valence-corrected chi connectivity index (χ4v) is 3.02.